The van der Waals surface area contributed by atoms with E-state index in [2.05, 4.69) is 36.4 Å². The van der Waals surface area contributed by atoms with Crippen molar-refractivity contribution >= 4 is 5.97 Å². The molecule has 2 aliphatic rings. The van der Waals surface area contributed by atoms with Crippen molar-refractivity contribution < 1.29 is 27.8 Å². The third-order valence-corrected chi connectivity index (χ3v) is 7.69. The predicted octanol–water partition coefficient (Wildman–Crippen LogP) is 5.09. The smallest absolute Gasteiger partial charge is 0.420 e. The van der Waals surface area contributed by atoms with Crippen LogP contribution in [0.15, 0.2) is 48.5 Å². The molecule has 1 aliphatic carbocycles. The number of benzene rings is 2. The summed E-state index contributed by atoms with van der Waals surface area (Å²) < 4.78 is 48.3. The fraction of sp³-hybridized carbons (Fsp3) is 0.519. The molecule has 2 aromatic carbocycles. The number of halogens is 3. The molecule has 4 rings (SSSR count). The van der Waals surface area contributed by atoms with E-state index in [1.807, 2.05) is 18.2 Å². The van der Waals surface area contributed by atoms with E-state index in [-0.39, 0.29) is 35.7 Å². The number of hydrogen-bond acceptors (Lipinski definition) is 4. The molecule has 2 fully saturated rings. The fourth-order valence-corrected chi connectivity index (χ4v) is 5.74. The van der Waals surface area contributed by atoms with Gasteiger partial charge in [-0.3, -0.25) is 9.69 Å². The molecule has 1 saturated heterocycles. The third kappa shape index (κ3) is 5.48. The minimum absolute atomic E-state index is 0.105. The third-order valence-electron chi connectivity index (χ3n) is 7.69. The van der Waals surface area contributed by atoms with Crippen molar-refractivity contribution in [3.05, 3.63) is 65.2 Å². The minimum atomic E-state index is -4.56. The van der Waals surface area contributed by atoms with Gasteiger partial charge in [-0.05, 0) is 69.3 Å². The van der Waals surface area contributed by atoms with Gasteiger partial charge in [-0.25, -0.2) is 0 Å². The number of nitrogens with zero attached hydrogens (tertiary/aromatic N) is 1. The summed E-state index contributed by atoms with van der Waals surface area (Å²) in [6.07, 6.45) is -1.27. The molecule has 0 amide bonds. The molecule has 2 aromatic rings. The van der Waals surface area contributed by atoms with Gasteiger partial charge in [-0.15, -0.1) is 0 Å². The zero-order valence-electron chi connectivity index (χ0n) is 20.1. The Morgan fingerprint density at radius 2 is 1.80 bits per heavy atom. The Balaban J connectivity index is 1.51. The quantitative estimate of drug-likeness (QED) is 0.566. The van der Waals surface area contributed by atoms with E-state index in [1.165, 1.54) is 11.6 Å². The maximum absolute atomic E-state index is 14.2. The Kier molecular flexibility index (Phi) is 7.43. The van der Waals surface area contributed by atoms with Crippen molar-refractivity contribution in [2.45, 2.75) is 62.4 Å². The normalized spacial score (nSPS) is 27.2. The SMILES string of the molecule is CN(C)C1(c2ccccc2)CCC(Cc2cccc(O[C@@H]3CN[C@H](C(=O)O)C3)c2C(F)(F)F)CC1. The summed E-state index contributed by atoms with van der Waals surface area (Å²) in [5, 5.41) is 11.9. The molecule has 190 valence electrons. The Morgan fingerprint density at radius 3 is 2.37 bits per heavy atom. The Bertz CT molecular complexity index is 1020. The maximum Gasteiger partial charge on any atom is 0.420 e. The van der Waals surface area contributed by atoms with Crippen LogP contribution in [0.25, 0.3) is 0 Å². The number of hydrogen-bond donors (Lipinski definition) is 2. The van der Waals surface area contributed by atoms with E-state index in [4.69, 9.17) is 9.84 Å². The van der Waals surface area contributed by atoms with Crippen LogP contribution >= 0.6 is 0 Å². The van der Waals surface area contributed by atoms with Crippen LogP contribution in [-0.4, -0.2) is 48.8 Å². The predicted molar refractivity (Wildman–Crippen MR) is 127 cm³/mol. The summed E-state index contributed by atoms with van der Waals surface area (Å²) in [5.74, 6) is -1.09. The lowest BCUT2D eigenvalue weighted by Gasteiger charge is -2.46. The molecule has 8 heteroatoms. The lowest BCUT2D eigenvalue weighted by molar-refractivity contribution is -0.141. The molecule has 0 bridgehead atoms. The molecule has 1 heterocycles. The summed E-state index contributed by atoms with van der Waals surface area (Å²) in [6, 6.07) is 14.0. The van der Waals surface area contributed by atoms with E-state index < -0.39 is 29.9 Å². The Labute approximate surface area is 204 Å². The van der Waals surface area contributed by atoms with Crippen LogP contribution in [0.4, 0.5) is 13.2 Å². The topological polar surface area (TPSA) is 61.8 Å². The first-order chi connectivity index (χ1) is 16.6. The van der Waals surface area contributed by atoms with Gasteiger partial charge < -0.3 is 15.2 Å². The summed E-state index contributed by atoms with van der Waals surface area (Å²) >= 11 is 0. The number of carboxylic acid groups (broad SMARTS) is 1. The first-order valence-corrected chi connectivity index (χ1v) is 12.1. The molecule has 1 saturated carbocycles. The molecule has 0 aromatic heterocycles. The highest BCUT2D eigenvalue weighted by molar-refractivity contribution is 5.73. The second-order valence-electron chi connectivity index (χ2n) is 10.0. The highest BCUT2D eigenvalue weighted by atomic mass is 19.4. The lowest BCUT2D eigenvalue weighted by Crippen LogP contribution is -2.44. The number of rotatable bonds is 7. The van der Waals surface area contributed by atoms with E-state index in [9.17, 15) is 18.0 Å². The average Bonchev–Trinajstić information content (AvgIpc) is 3.28. The van der Waals surface area contributed by atoms with Crippen LogP contribution in [0, 0.1) is 5.92 Å². The monoisotopic (exact) mass is 490 g/mol. The lowest BCUT2D eigenvalue weighted by atomic mass is 9.70. The highest BCUT2D eigenvalue weighted by Gasteiger charge is 2.41. The van der Waals surface area contributed by atoms with Gasteiger partial charge >= 0.3 is 12.1 Å². The Hall–Kier alpha value is -2.58. The molecule has 35 heavy (non-hydrogen) atoms. The summed E-state index contributed by atoms with van der Waals surface area (Å²) in [6.45, 7) is 0.202. The molecular formula is C27H33F3N2O3. The van der Waals surface area contributed by atoms with Gasteiger partial charge in [0.05, 0.1) is 0 Å². The molecule has 0 unspecified atom stereocenters. The van der Waals surface area contributed by atoms with Crippen molar-refractivity contribution in [3.63, 3.8) is 0 Å². The molecule has 0 radical (unpaired) electrons. The number of nitrogens with one attached hydrogen (secondary N) is 1. The molecule has 2 atom stereocenters. The molecule has 5 nitrogen and oxygen atoms in total. The summed E-state index contributed by atoms with van der Waals surface area (Å²) in [4.78, 5) is 13.4. The van der Waals surface area contributed by atoms with Gasteiger partial charge in [-0.1, -0.05) is 42.5 Å². The van der Waals surface area contributed by atoms with E-state index in [1.54, 1.807) is 12.1 Å². The van der Waals surface area contributed by atoms with Gasteiger partial charge in [0, 0.05) is 18.5 Å². The summed E-state index contributed by atoms with van der Waals surface area (Å²) in [5.41, 5.74) is 0.662. The number of alkyl halides is 3. The fourth-order valence-electron chi connectivity index (χ4n) is 5.74. The number of carboxylic acids is 1. The van der Waals surface area contributed by atoms with Gasteiger partial charge in [-0.2, -0.15) is 13.2 Å². The summed E-state index contributed by atoms with van der Waals surface area (Å²) in [7, 11) is 4.14. The highest BCUT2D eigenvalue weighted by Crippen LogP contribution is 2.46. The Morgan fingerprint density at radius 1 is 1.11 bits per heavy atom. The first-order valence-electron chi connectivity index (χ1n) is 12.1. The van der Waals surface area contributed by atoms with Crippen molar-refractivity contribution in [3.8, 4) is 5.75 Å². The van der Waals surface area contributed by atoms with Crippen LogP contribution in [0.3, 0.4) is 0 Å². The van der Waals surface area contributed by atoms with Crippen molar-refractivity contribution in [2.75, 3.05) is 20.6 Å². The minimum Gasteiger partial charge on any atom is -0.488 e. The maximum atomic E-state index is 14.2. The van der Waals surface area contributed by atoms with Gasteiger partial charge in [0.2, 0.25) is 0 Å². The zero-order chi connectivity index (χ0) is 25.2. The van der Waals surface area contributed by atoms with E-state index in [0.29, 0.717) is 6.42 Å². The van der Waals surface area contributed by atoms with Gasteiger partial charge in [0.15, 0.2) is 0 Å². The molecule has 1 aliphatic heterocycles. The van der Waals surface area contributed by atoms with Crippen LogP contribution in [0.1, 0.15) is 48.8 Å². The standard InChI is InChI=1S/C27H33F3N2O3/c1-32(2)26(20-8-4-3-5-9-20)13-11-18(12-14-26)15-19-7-6-10-23(24(19)27(28,29)30)35-21-16-22(25(33)34)31-17-21/h3-10,18,21-22,31H,11-17H2,1-2H3,(H,33,34)/t18?,21-,22-,26?/m0/s1. The van der Waals surface area contributed by atoms with E-state index >= 15 is 0 Å². The van der Waals surface area contributed by atoms with Crippen molar-refractivity contribution in [1.82, 2.24) is 10.2 Å². The van der Waals surface area contributed by atoms with Crippen LogP contribution in [-0.2, 0) is 22.9 Å². The number of aliphatic carboxylic acids is 1. The van der Waals surface area contributed by atoms with Crippen molar-refractivity contribution in [2.24, 2.45) is 5.92 Å². The van der Waals surface area contributed by atoms with Crippen LogP contribution in [0.5, 0.6) is 5.75 Å². The first kappa shape index (κ1) is 25.5. The second-order valence-corrected chi connectivity index (χ2v) is 10.0. The van der Waals surface area contributed by atoms with Gasteiger partial charge in [0.1, 0.15) is 23.5 Å². The number of ether oxygens (including phenoxy) is 1. The average molecular weight is 491 g/mol. The molecular weight excluding hydrogens is 457 g/mol. The van der Waals surface area contributed by atoms with Crippen molar-refractivity contribution in [1.29, 1.82) is 0 Å². The zero-order valence-corrected chi connectivity index (χ0v) is 20.1. The second kappa shape index (κ2) is 10.2. The van der Waals surface area contributed by atoms with E-state index in [0.717, 1.165) is 25.7 Å². The molecule has 2 N–H and O–H groups in total. The van der Waals surface area contributed by atoms with Gasteiger partial charge in [0.25, 0.3) is 0 Å². The number of carbonyl (C=O) groups is 1. The van der Waals surface area contributed by atoms with Crippen LogP contribution in [0.2, 0.25) is 0 Å². The van der Waals surface area contributed by atoms with Crippen LogP contribution < -0.4 is 10.1 Å². The largest absolute Gasteiger partial charge is 0.488 e. The molecule has 0 spiro atoms.